The molecule has 2 aromatic carbocycles. The highest BCUT2D eigenvalue weighted by Crippen LogP contribution is 2.16. The van der Waals surface area contributed by atoms with Crippen molar-refractivity contribution >= 4 is 6.03 Å². The number of rotatable bonds is 6. The Bertz CT molecular complexity index is 614. The fourth-order valence-electron chi connectivity index (χ4n) is 2.15. The van der Waals surface area contributed by atoms with Gasteiger partial charge in [-0.2, -0.15) is 0 Å². The number of benzene rings is 2. The molecule has 122 valence electrons. The molecule has 2 amide bonds. The predicted octanol–water partition coefficient (Wildman–Crippen LogP) is 3.35. The van der Waals surface area contributed by atoms with Crippen LogP contribution >= 0.6 is 0 Å². The highest BCUT2D eigenvalue weighted by Gasteiger charge is 2.15. The van der Waals surface area contributed by atoms with Crippen molar-refractivity contribution in [3.8, 4) is 11.5 Å². The fraction of sp³-hybridized carbons (Fsp3) is 0.278. The summed E-state index contributed by atoms with van der Waals surface area (Å²) in [6, 6.07) is 16.1. The van der Waals surface area contributed by atoms with E-state index < -0.39 is 6.23 Å². The average Bonchev–Trinajstić information content (AvgIpc) is 2.55. The summed E-state index contributed by atoms with van der Waals surface area (Å²) in [6.07, 6.45) is -0.475. The molecule has 0 aromatic heterocycles. The fourth-order valence-corrected chi connectivity index (χ4v) is 2.15. The molecule has 2 aromatic rings. The first kappa shape index (κ1) is 16.7. The number of phenols is 1. The third-order valence-corrected chi connectivity index (χ3v) is 3.36. The van der Waals surface area contributed by atoms with E-state index in [-0.39, 0.29) is 11.8 Å². The molecule has 1 atom stereocenters. The minimum atomic E-state index is -0.475. The molecule has 1 unspecified atom stereocenters. The van der Waals surface area contributed by atoms with Crippen molar-refractivity contribution in [1.82, 2.24) is 10.2 Å². The van der Waals surface area contributed by atoms with E-state index in [9.17, 15) is 9.90 Å². The van der Waals surface area contributed by atoms with Crippen LogP contribution in [-0.4, -0.2) is 28.8 Å². The molecule has 0 aliphatic rings. The Balaban J connectivity index is 1.89. The van der Waals surface area contributed by atoms with Gasteiger partial charge in [0.1, 0.15) is 11.5 Å². The lowest BCUT2D eigenvalue weighted by Gasteiger charge is -2.24. The maximum Gasteiger partial charge on any atom is 0.320 e. The largest absolute Gasteiger partial charge is 0.508 e. The van der Waals surface area contributed by atoms with Crippen LogP contribution in [0.15, 0.2) is 54.6 Å². The van der Waals surface area contributed by atoms with Crippen molar-refractivity contribution in [2.45, 2.75) is 26.6 Å². The van der Waals surface area contributed by atoms with Gasteiger partial charge in [-0.15, -0.1) is 0 Å². The van der Waals surface area contributed by atoms with E-state index in [0.717, 1.165) is 5.56 Å². The number of urea groups is 1. The highest BCUT2D eigenvalue weighted by atomic mass is 16.5. The average molecular weight is 314 g/mol. The third-order valence-electron chi connectivity index (χ3n) is 3.36. The van der Waals surface area contributed by atoms with Gasteiger partial charge >= 0.3 is 6.03 Å². The molecular weight excluding hydrogens is 292 g/mol. The number of carbonyl (C=O) groups is 1. The molecule has 0 spiro atoms. The lowest BCUT2D eigenvalue weighted by molar-refractivity contribution is 0.152. The van der Waals surface area contributed by atoms with Crippen LogP contribution in [0.2, 0.25) is 0 Å². The smallest absolute Gasteiger partial charge is 0.320 e. The highest BCUT2D eigenvalue weighted by molar-refractivity contribution is 5.74. The first-order chi connectivity index (χ1) is 11.1. The molecule has 0 radical (unpaired) electrons. The van der Waals surface area contributed by atoms with Crippen molar-refractivity contribution in [1.29, 1.82) is 0 Å². The molecule has 0 fully saturated rings. The Labute approximate surface area is 136 Å². The molecule has 0 bridgehead atoms. The molecule has 0 saturated heterocycles. The van der Waals surface area contributed by atoms with Crippen LogP contribution in [-0.2, 0) is 6.54 Å². The second-order valence-electron chi connectivity index (χ2n) is 5.20. The Kier molecular flexibility index (Phi) is 5.86. The topological polar surface area (TPSA) is 61.8 Å². The first-order valence-electron chi connectivity index (χ1n) is 7.63. The third kappa shape index (κ3) is 5.21. The lowest BCUT2D eigenvalue weighted by atomic mass is 10.2. The monoisotopic (exact) mass is 314 g/mol. The molecular formula is C18H22N2O3. The van der Waals surface area contributed by atoms with Crippen molar-refractivity contribution in [3.63, 3.8) is 0 Å². The van der Waals surface area contributed by atoms with Crippen molar-refractivity contribution in [2.75, 3.05) is 6.54 Å². The Morgan fingerprint density at radius 3 is 2.43 bits per heavy atom. The zero-order chi connectivity index (χ0) is 16.7. The molecule has 0 saturated carbocycles. The summed E-state index contributed by atoms with van der Waals surface area (Å²) in [4.78, 5) is 14.0. The van der Waals surface area contributed by atoms with Crippen LogP contribution < -0.4 is 10.1 Å². The van der Waals surface area contributed by atoms with E-state index in [1.165, 1.54) is 12.1 Å². The molecule has 0 heterocycles. The molecule has 5 heteroatoms. The maximum absolute atomic E-state index is 12.3. The minimum Gasteiger partial charge on any atom is -0.508 e. The number of nitrogens with zero attached hydrogens (tertiary/aromatic N) is 1. The van der Waals surface area contributed by atoms with E-state index >= 15 is 0 Å². The second kappa shape index (κ2) is 8.08. The van der Waals surface area contributed by atoms with E-state index in [1.54, 1.807) is 24.0 Å². The van der Waals surface area contributed by atoms with Gasteiger partial charge in [0.15, 0.2) is 6.23 Å². The van der Waals surface area contributed by atoms with E-state index in [0.29, 0.717) is 18.8 Å². The molecule has 0 aliphatic carbocycles. The number of aromatic hydroxyl groups is 1. The first-order valence-corrected chi connectivity index (χ1v) is 7.63. The summed E-state index contributed by atoms with van der Waals surface area (Å²) in [5, 5.41) is 12.1. The quantitative estimate of drug-likeness (QED) is 0.804. The Morgan fingerprint density at radius 1 is 1.17 bits per heavy atom. The van der Waals surface area contributed by atoms with Gasteiger partial charge in [-0.05, 0) is 43.7 Å². The number of hydrogen-bond donors (Lipinski definition) is 2. The summed E-state index contributed by atoms with van der Waals surface area (Å²) < 4.78 is 5.62. The molecule has 5 nitrogen and oxygen atoms in total. The van der Waals surface area contributed by atoms with E-state index in [2.05, 4.69) is 5.32 Å². The molecule has 0 aliphatic heterocycles. The van der Waals surface area contributed by atoms with Gasteiger partial charge in [0, 0.05) is 13.1 Å². The zero-order valence-electron chi connectivity index (χ0n) is 13.4. The van der Waals surface area contributed by atoms with Crippen LogP contribution in [0.1, 0.15) is 19.4 Å². The van der Waals surface area contributed by atoms with Gasteiger partial charge in [0.05, 0.1) is 0 Å². The van der Waals surface area contributed by atoms with Gasteiger partial charge in [0.2, 0.25) is 0 Å². The standard InChI is InChI=1S/C18H22N2O3/c1-3-20(13-15-7-5-4-6-8-15)18(22)19-14(2)23-17-11-9-16(21)10-12-17/h4-12,14,21H,3,13H2,1-2H3,(H,19,22). The minimum absolute atomic E-state index is 0.175. The van der Waals surface area contributed by atoms with Gasteiger partial charge in [-0.25, -0.2) is 4.79 Å². The Hall–Kier alpha value is -2.69. The van der Waals surface area contributed by atoms with E-state index in [4.69, 9.17) is 4.74 Å². The normalized spacial score (nSPS) is 11.6. The zero-order valence-corrected chi connectivity index (χ0v) is 13.4. The van der Waals surface area contributed by atoms with E-state index in [1.807, 2.05) is 37.3 Å². The number of amides is 2. The molecule has 2 N–H and O–H groups in total. The summed E-state index contributed by atoms with van der Waals surface area (Å²) in [6.45, 7) is 4.86. The number of carbonyl (C=O) groups excluding carboxylic acids is 1. The van der Waals surface area contributed by atoms with Crippen LogP contribution in [0, 0.1) is 0 Å². The van der Waals surface area contributed by atoms with Gasteiger partial charge in [0.25, 0.3) is 0 Å². The second-order valence-corrected chi connectivity index (χ2v) is 5.20. The lowest BCUT2D eigenvalue weighted by Crippen LogP contribution is -2.45. The van der Waals surface area contributed by atoms with Gasteiger partial charge < -0.3 is 20.1 Å². The van der Waals surface area contributed by atoms with Gasteiger partial charge in [-0.3, -0.25) is 0 Å². The Morgan fingerprint density at radius 2 is 1.83 bits per heavy atom. The molecule has 2 rings (SSSR count). The summed E-state index contributed by atoms with van der Waals surface area (Å²) in [5.41, 5.74) is 1.08. The van der Waals surface area contributed by atoms with Crippen LogP contribution in [0.4, 0.5) is 4.79 Å². The predicted molar refractivity (Wildman–Crippen MR) is 89.3 cm³/mol. The molecule has 23 heavy (non-hydrogen) atoms. The van der Waals surface area contributed by atoms with Crippen LogP contribution in [0.25, 0.3) is 0 Å². The summed E-state index contributed by atoms with van der Waals surface area (Å²) >= 11 is 0. The van der Waals surface area contributed by atoms with Gasteiger partial charge in [-0.1, -0.05) is 30.3 Å². The van der Waals surface area contributed by atoms with Crippen molar-refractivity contribution in [3.05, 3.63) is 60.2 Å². The number of phenolic OH excluding ortho intramolecular Hbond substituents is 1. The number of ether oxygens (including phenoxy) is 1. The summed E-state index contributed by atoms with van der Waals surface area (Å²) in [5.74, 6) is 0.760. The maximum atomic E-state index is 12.3. The van der Waals surface area contributed by atoms with Crippen LogP contribution in [0.5, 0.6) is 11.5 Å². The van der Waals surface area contributed by atoms with Crippen LogP contribution in [0.3, 0.4) is 0 Å². The number of nitrogens with one attached hydrogen (secondary N) is 1. The SMILES string of the molecule is CCN(Cc1ccccc1)C(=O)NC(C)Oc1ccc(O)cc1. The summed E-state index contributed by atoms with van der Waals surface area (Å²) in [7, 11) is 0. The van der Waals surface area contributed by atoms with Crippen molar-refractivity contribution in [2.24, 2.45) is 0 Å². The number of hydrogen-bond acceptors (Lipinski definition) is 3. The van der Waals surface area contributed by atoms with Crippen molar-refractivity contribution < 1.29 is 14.6 Å².